The highest BCUT2D eigenvalue weighted by molar-refractivity contribution is 5.71. The summed E-state index contributed by atoms with van der Waals surface area (Å²) in [5, 5.41) is 11.4. The van der Waals surface area contributed by atoms with E-state index in [2.05, 4.69) is 15.3 Å². The molecule has 1 heterocycles. The Morgan fingerprint density at radius 1 is 1.53 bits per heavy atom. The fourth-order valence-electron chi connectivity index (χ4n) is 1.45. The Bertz CT molecular complexity index is 462. The number of ether oxygens (including phenoxy) is 1. The van der Waals surface area contributed by atoms with Gasteiger partial charge in [0.1, 0.15) is 17.5 Å². The molecule has 1 atom stereocenters. The van der Waals surface area contributed by atoms with Crippen LogP contribution in [0.25, 0.3) is 0 Å². The Labute approximate surface area is 111 Å². The molecule has 1 aromatic heterocycles. The molecule has 0 saturated heterocycles. The quantitative estimate of drug-likeness (QED) is 0.772. The van der Waals surface area contributed by atoms with Gasteiger partial charge in [0.05, 0.1) is 6.42 Å². The second kappa shape index (κ2) is 5.73. The van der Waals surface area contributed by atoms with Crippen molar-refractivity contribution >= 4 is 12.1 Å². The number of carbonyl (C=O) groups excluding carboxylic acids is 1. The van der Waals surface area contributed by atoms with E-state index in [1.807, 2.05) is 0 Å². The van der Waals surface area contributed by atoms with Crippen molar-refractivity contribution in [2.45, 2.75) is 45.8 Å². The van der Waals surface area contributed by atoms with E-state index in [1.54, 1.807) is 33.9 Å². The molecule has 1 aromatic rings. The van der Waals surface area contributed by atoms with Gasteiger partial charge in [-0.15, -0.1) is 0 Å². The number of carbonyl (C=O) groups is 2. The van der Waals surface area contributed by atoms with E-state index in [4.69, 9.17) is 9.84 Å². The number of aryl methyl sites for hydroxylation is 1. The van der Waals surface area contributed by atoms with Gasteiger partial charge in [0.2, 0.25) is 0 Å². The van der Waals surface area contributed by atoms with Crippen molar-refractivity contribution in [3.05, 3.63) is 17.7 Å². The molecule has 1 rings (SSSR count). The van der Waals surface area contributed by atoms with E-state index in [9.17, 15) is 9.59 Å². The maximum atomic E-state index is 11.7. The number of aliphatic carboxylic acids is 1. The van der Waals surface area contributed by atoms with Crippen molar-refractivity contribution in [3.63, 3.8) is 0 Å². The van der Waals surface area contributed by atoms with E-state index >= 15 is 0 Å². The van der Waals surface area contributed by atoms with Crippen LogP contribution in [0.4, 0.5) is 4.79 Å². The van der Waals surface area contributed by atoms with Crippen LogP contribution in [-0.2, 0) is 9.53 Å². The maximum Gasteiger partial charge on any atom is 0.408 e. The van der Waals surface area contributed by atoms with Crippen LogP contribution >= 0.6 is 0 Å². The minimum atomic E-state index is -1.03. The van der Waals surface area contributed by atoms with Crippen LogP contribution in [0.5, 0.6) is 0 Å². The number of carboxylic acid groups (broad SMARTS) is 1. The molecule has 3 N–H and O–H groups in total. The van der Waals surface area contributed by atoms with Crippen LogP contribution in [0.1, 0.15) is 44.8 Å². The number of hydrogen-bond donors (Lipinski definition) is 3. The van der Waals surface area contributed by atoms with Crippen molar-refractivity contribution in [1.82, 2.24) is 15.3 Å². The molecule has 1 amide bonds. The van der Waals surface area contributed by atoms with Gasteiger partial charge < -0.3 is 20.1 Å². The molecule has 7 heteroatoms. The number of rotatable bonds is 4. The molecule has 0 saturated carbocycles. The second-order valence-corrected chi connectivity index (χ2v) is 5.25. The summed E-state index contributed by atoms with van der Waals surface area (Å²) in [6.07, 6.45) is 0.625. The van der Waals surface area contributed by atoms with Crippen molar-refractivity contribution in [3.8, 4) is 0 Å². The molecule has 0 aliphatic heterocycles. The van der Waals surface area contributed by atoms with Gasteiger partial charge in [-0.1, -0.05) is 0 Å². The number of hydrogen-bond acceptors (Lipinski definition) is 4. The van der Waals surface area contributed by atoms with E-state index in [0.717, 1.165) is 5.69 Å². The van der Waals surface area contributed by atoms with Gasteiger partial charge in [-0.2, -0.15) is 0 Å². The van der Waals surface area contributed by atoms with Gasteiger partial charge >= 0.3 is 12.1 Å². The maximum absolute atomic E-state index is 11.7. The fourth-order valence-corrected chi connectivity index (χ4v) is 1.45. The topological polar surface area (TPSA) is 104 Å². The average molecular weight is 269 g/mol. The third kappa shape index (κ3) is 5.41. The summed E-state index contributed by atoms with van der Waals surface area (Å²) in [4.78, 5) is 29.4. The lowest BCUT2D eigenvalue weighted by Gasteiger charge is -2.22. The number of H-pyrrole nitrogens is 1. The molecule has 0 fully saturated rings. The standard InChI is InChI=1S/C12H19N3O4/c1-7-6-13-10(14-7)8(5-9(16)17)15-11(18)19-12(2,3)4/h6,8H,5H2,1-4H3,(H,13,14)(H,15,18)(H,16,17)/t8-/m0/s1. The number of aromatic amines is 1. The average Bonchev–Trinajstić information content (AvgIpc) is 2.60. The SMILES string of the molecule is Cc1cnc([C@H](CC(=O)O)NC(=O)OC(C)(C)C)[nH]1. The van der Waals surface area contributed by atoms with Crippen molar-refractivity contribution in [2.24, 2.45) is 0 Å². The van der Waals surface area contributed by atoms with E-state index in [1.165, 1.54) is 0 Å². The van der Waals surface area contributed by atoms with Crippen LogP contribution in [0.15, 0.2) is 6.20 Å². The zero-order valence-electron chi connectivity index (χ0n) is 11.5. The summed E-state index contributed by atoms with van der Waals surface area (Å²) >= 11 is 0. The number of alkyl carbamates (subject to hydrolysis) is 1. The first-order valence-corrected chi connectivity index (χ1v) is 5.90. The number of nitrogens with zero attached hydrogens (tertiary/aromatic N) is 1. The third-order valence-electron chi connectivity index (χ3n) is 2.12. The minimum Gasteiger partial charge on any atom is -0.481 e. The number of aromatic nitrogens is 2. The summed E-state index contributed by atoms with van der Waals surface area (Å²) in [6, 6.07) is -0.749. The lowest BCUT2D eigenvalue weighted by molar-refractivity contribution is -0.137. The van der Waals surface area contributed by atoms with Crippen molar-refractivity contribution in [1.29, 1.82) is 0 Å². The summed E-state index contributed by atoms with van der Waals surface area (Å²) < 4.78 is 5.09. The smallest absolute Gasteiger partial charge is 0.408 e. The van der Waals surface area contributed by atoms with Gasteiger partial charge in [0, 0.05) is 11.9 Å². The number of nitrogens with one attached hydrogen (secondary N) is 2. The molecule has 0 unspecified atom stereocenters. The predicted octanol–water partition coefficient (Wildman–Crippen LogP) is 1.76. The van der Waals surface area contributed by atoms with Gasteiger partial charge in [0.25, 0.3) is 0 Å². The van der Waals surface area contributed by atoms with E-state index in [0.29, 0.717) is 5.82 Å². The van der Waals surface area contributed by atoms with Gasteiger partial charge in [-0.25, -0.2) is 9.78 Å². The molecule has 0 spiro atoms. The highest BCUT2D eigenvalue weighted by Crippen LogP contribution is 2.15. The van der Waals surface area contributed by atoms with E-state index in [-0.39, 0.29) is 6.42 Å². The molecule has 7 nitrogen and oxygen atoms in total. The van der Waals surface area contributed by atoms with Crippen LogP contribution in [0.3, 0.4) is 0 Å². The molecule has 0 aliphatic carbocycles. The lowest BCUT2D eigenvalue weighted by Crippen LogP contribution is -2.36. The molecule has 0 bridgehead atoms. The summed E-state index contributed by atoms with van der Waals surface area (Å²) in [6.45, 7) is 6.99. The Morgan fingerprint density at radius 2 is 2.16 bits per heavy atom. The number of amides is 1. The first-order valence-electron chi connectivity index (χ1n) is 5.90. The van der Waals surface area contributed by atoms with Crippen molar-refractivity contribution < 1.29 is 19.4 Å². The zero-order chi connectivity index (χ0) is 14.6. The molecule has 0 aromatic carbocycles. The van der Waals surface area contributed by atoms with Crippen LogP contribution in [-0.4, -0.2) is 32.7 Å². The minimum absolute atomic E-state index is 0.272. The normalized spacial score (nSPS) is 12.8. The number of carboxylic acids is 1. The predicted molar refractivity (Wildman–Crippen MR) is 67.7 cm³/mol. The van der Waals surface area contributed by atoms with Crippen LogP contribution in [0.2, 0.25) is 0 Å². The Morgan fingerprint density at radius 3 is 2.58 bits per heavy atom. The van der Waals surface area contributed by atoms with Gasteiger partial charge in [-0.05, 0) is 27.7 Å². The van der Waals surface area contributed by atoms with E-state index < -0.39 is 23.7 Å². The molecule has 0 aliphatic rings. The second-order valence-electron chi connectivity index (χ2n) is 5.25. The molecular weight excluding hydrogens is 250 g/mol. The third-order valence-corrected chi connectivity index (χ3v) is 2.12. The Balaban J connectivity index is 2.76. The highest BCUT2D eigenvalue weighted by Gasteiger charge is 2.24. The lowest BCUT2D eigenvalue weighted by atomic mass is 10.2. The Hall–Kier alpha value is -2.05. The number of imidazole rings is 1. The summed E-state index contributed by atoms with van der Waals surface area (Å²) in [5.74, 6) is -0.638. The largest absolute Gasteiger partial charge is 0.481 e. The zero-order valence-corrected chi connectivity index (χ0v) is 11.5. The Kier molecular flexibility index (Phi) is 4.52. The van der Waals surface area contributed by atoms with Gasteiger partial charge in [0.15, 0.2) is 0 Å². The molecule has 106 valence electrons. The summed E-state index contributed by atoms with van der Waals surface area (Å²) in [5.41, 5.74) is 0.146. The fraction of sp³-hybridized carbons (Fsp3) is 0.583. The van der Waals surface area contributed by atoms with Crippen molar-refractivity contribution in [2.75, 3.05) is 0 Å². The highest BCUT2D eigenvalue weighted by atomic mass is 16.6. The first-order chi connectivity index (χ1) is 8.67. The monoisotopic (exact) mass is 269 g/mol. The summed E-state index contributed by atoms with van der Waals surface area (Å²) in [7, 11) is 0. The van der Waals surface area contributed by atoms with Crippen LogP contribution < -0.4 is 5.32 Å². The molecule has 0 radical (unpaired) electrons. The first kappa shape index (κ1) is 15.0. The van der Waals surface area contributed by atoms with Gasteiger partial charge in [-0.3, -0.25) is 4.79 Å². The molecular formula is C12H19N3O4. The van der Waals surface area contributed by atoms with Crippen LogP contribution in [0, 0.1) is 6.92 Å². The molecule has 19 heavy (non-hydrogen) atoms.